The molecule has 162 valence electrons. The fraction of sp³-hybridized carbons (Fsp3) is 0.409. The molecule has 1 heterocycles. The van der Waals surface area contributed by atoms with Gasteiger partial charge in [0.05, 0.1) is 14.2 Å². The SMILES string of the molecule is COc1ccc(N(C)C(=O)C2CCN(S(=O)(=O)c3cc(C)ccc3OC)CC2)cc1. The van der Waals surface area contributed by atoms with Crippen LogP contribution in [0, 0.1) is 12.8 Å². The van der Waals surface area contributed by atoms with E-state index in [1.54, 1.807) is 31.2 Å². The molecule has 1 fully saturated rings. The average Bonchev–Trinajstić information content (AvgIpc) is 2.78. The average molecular weight is 433 g/mol. The van der Waals surface area contributed by atoms with Gasteiger partial charge in [-0.15, -0.1) is 0 Å². The summed E-state index contributed by atoms with van der Waals surface area (Å²) in [5, 5.41) is 0. The Bertz CT molecular complexity index is 997. The van der Waals surface area contributed by atoms with E-state index in [2.05, 4.69) is 0 Å². The minimum Gasteiger partial charge on any atom is -0.497 e. The third kappa shape index (κ3) is 4.44. The summed E-state index contributed by atoms with van der Waals surface area (Å²) < 4.78 is 38.2. The van der Waals surface area contributed by atoms with Crippen LogP contribution in [-0.4, -0.2) is 53.0 Å². The molecule has 0 bridgehead atoms. The summed E-state index contributed by atoms with van der Waals surface area (Å²) in [5.74, 6) is 0.830. The van der Waals surface area contributed by atoms with Gasteiger partial charge in [-0.25, -0.2) is 8.42 Å². The first-order valence-electron chi connectivity index (χ1n) is 9.84. The van der Waals surface area contributed by atoms with E-state index >= 15 is 0 Å². The molecule has 1 aliphatic heterocycles. The molecule has 0 aromatic heterocycles. The monoisotopic (exact) mass is 432 g/mol. The summed E-state index contributed by atoms with van der Waals surface area (Å²) in [6.45, 7) is 2.44. The van der Waals surface area contributed by atoms with Crippen LogP contribution in [0.4, 0.5) is 5.69 Å². The zero-order chi connectivity index (χ0) is 21.9. The maximum atomic E-state index is 13.2. The Kier molecular flexibility index (Phi) is 6.67. The number of hydrogen-bond donors (Lipinski definition) is 0. The van der Waals surface area contributed by atoms with Crippen LogP contribution in [0.5, 0.6) is 11.5 Å². The zero-order valence-corrected chi connectivity index (χ0v) is 18.6. The van der Waals surface area contributed by atoms with E-state index < -0.39 is 10.0 Å². The van der Waals surface area contributed by atoms with Crippen LogP contribution in [0.1, 0.15) is 18.4 Å². The van der Waals surface area contributed by atoms with Crippen molar-refractivity contribution in [3.05, 3.63) is 48.0 Å². The van der Waals surface area contributed by atoms with Crippen molar-refractivity contribution < 1.29 is 22.7 Å². The highest BCUT2D eigenvalue weighted by atomic mass is 32.2. The zero-order valence-electron chi connectivity index (χ0n) is 17.8. The van der Waals surface area contributed by atoms with Gasteiger partial charge >= 0.3 is 0 Å². The van der Waals surface area contributed by atoms with Crippen molar-refractivity contribution in [1.29, 1.82) is 0 Å². The number of piperidine rings is 1. The molecule has 0 saturated carbocycles. The van der Waals surface area contributed by atoms with Gasteiger partial charge in [0.25, 0.3) is 0 Å². The number of hydrogen-bond acceptors (Lipinski definition) is 5. The van der Waals surface area contributed by atoms with Gasteiger partial charge in [-0.1, -0.05) is 6.07 Å². The second kappa shape index (κ2) is 9.06. The molecule has 30 heavy (non-hydrogen) atoms. The van der Waals surface area contributed by atoms with Gasteiger partial charge in [0.2, 0.25) is 15.9 Å². The van der Waals surface area contributed by atoms with E-state index in [9.17, 15) is 13.2 Å². The molecule has 0 N–H and O–H groups in total. The van der Waals surface area contributed by atoms with Gasteiger partial charge in [0.1, 0.15) is 16.4 Å². The fourth-order valence-corrected chi connectivity index (χ4v) is 5.38. The standard InChI is InChI=1S/C22H28N2O5S/c1-16-5-10-20(29-4)21(15-16)30(26,27)24-13-11-17(12-14-24)22(25)23(2)18-6-8-19(28-3)9-7-18/h5-10,15,17H,11-14H2,1-4H3. The van der Waals surface area contributed by atoms with Crippen LogP contribution in [0.3, 0.4) is 0 Å². The number of sulfonamides is 1. The van der Waals surface area contributed by atoms with E-state index in [4.69, 9.17) is 9.47 Å². The summed E-state index contributed by atoms with van der Waals surface area (Å²) in [6, 6.07) is 12.4. The van der Waals surface area contributed by atoms with Gasteiger partial charge < -0.3 is 14.4 Å². The number of ether oxygens (including phenoxy) is 2. The van der Waals surface area contributed by atoms with E-state index in [1.807, 2.05) is 37.3 Å². The lowest BCUT2D eigenvalue weighted by Crippen LogP contribution is -2.43. The fourth-order valence-electron chi connectivity index (χ4n) is 3.67. The van der Waals surface area contributed by atoms with Gasteiger partial charge in [0.15, 0.2) is 0 Å². The summed E-state index contributed by atoms with van der Waals surface area (Å²) in [4.78, 5) is 14.7. The second-order valence-electron chi connectivity index (χ2n) is 7.43. The van der Waals surface area contributed by atoms with Crippen LogP contribution in [0.25, 0.3) is 0 Å². The Balaban J connectivity index is 1.69. The lowest BCUT2D eigenvalue weighted by molar-refractivity contribution is -0.123. The van der Waals surface area contributed by atoms with Crippen molar-refractivity contribution in [2.24, 2.45) is 5.92 Å². The summed E-state index contributed by atoms with van der Waals surface area (Å²) in [5.41, 5.74) is 1.63. The van der Waals surface area contributed by atoms with Crippen LogP contribution < -0.4 is 14.4 Å². The van der Waals surface area contributed by atoms with Crippen LogP contribution in [0.15, 0.2) is 47.4 Å². The lowest BCUT2D eigenvalue weighted by Gasteiger charge is -2.32. The Morgan fingerprint density at radius 1 is 1.03 bits per heavy atom. The highest BCUT2D eigenvalue weighted by molar-refractivity contribution is 7.89. The molecule has 0 atom stereocenters. The molecule has 3 rings (SSSR count). The highest BCUT2D eigenvalue weighted by Gasteiger charge is 2.34. The largest absolute Gasteiger partial charge is 0.497 e. The topological polar surface area (TPSA) is 76.2 Å². The predicted octanol–water partition coefficient (Wildman–Crippen LogP) is 3.08. The Labute approximate surface area is 178 Å². The Morgan fingerprint density at radius 2 is 1.67 bits per heavy atom. The lowest BCUT2D eigenvalue weighted by atomic mass is 9.96. The first-order chi connectivity index (χ1) is 14.3. The number of carbonyl (C=O) groups is 1. The van der Waals surface area contributed by atoms with Gasteiger partial charge in [0, 0.05) is 31.7 Å². The predicted molar refractivity (Wildman–Crippen MR) is 116 cm³/mol. The molecule has 1 amide bonds. The molecule has 8 heteroatoms. The highest BCUT2D eigenvalue weighted by Crippen LogP contribution is 2.31. The molecule has 0 aliphatic carbocycles. The molecule has 2 aromatic carbocycles. The second-order valence-corrected chi connectivity index (χ2v) is 9.33. The van der Waals surface area contributed by atoms with Crippen molar-refractivity contribution in [3.63, 3.8) is 0 Å². The molecule has 1 aliphatic rings. The Hall–Kier alpha value is -2.58. The third-order valence-electron chi connectivity index (χ3n) is 5.53. The van der Waals surface area contributed by atoms with Crippen LogP contribution in [-0.2, 0) is 14.8 Å². The number of benzene rings is 2. The van der Waals surface area contributed by atoms with Crippen molar-refractivity contribution in [3.8, 4) is 11.5 Å². The Morgan fingerprint density at radius 3 is 2.23 bits per heavy atom. The van der Waals surface area contributed by atoms with E-state index in [-0.39, 0.29) is 16.7 Å². The molecule has 0 unspecified atom stereocenters. The first kappa shape index (κ1) is 22.1. The smallest absolute Gasteiger partial charge is 0.246 e. The van der Waals surface area contributed by atoms with Crippen LogP contribution in [0.2, 0.25) is 0 Å². The van der Waals surface area contributed by atoms with E-state index in [0.29, 0.717) is 31.7 Å². The number of methoxy groups -OCH3 is 2. The van der Waals surface area contributed by atoms with Crippen molar-refractivity contribution in [1.82, 2.24) is 4.31 Å². The third-order valence-corrected chi connectivity index (χ3v) is 7.45. The maximum Gasteiger partial charge on any atom is 0.246 e. The van der Waals surface area contributed by atoms with Gasteiger partial charge in [-0.3, -0.25) is 4.79 Å². The normalized spacial score (nSPS) is 15.6. The van der Waals surface area contributed by atoms with Crippen molar-refractivity contribution >= 4 is 21.6 Å². The molecule has 0 spiro atoms. The molecule has 1 saturated heterocycles. The van der Waals surface area contributed by atoms with Crippen molar-refractivity contribution in [2.45, 2.75) is 24.7 Å². The quantitative estimate of drug-likeness (QED) is 0.701. The summed E-state index contributed by atoms with van der Waals surface area (Å²) >= 11 is 0. The minimum absolute atomic E-state index is 0.00893. The minimum atomic E-state index is -3.69. The molecule has 7 nitrogen and oxygen atoms in total. The first-order valence-corrected chi connectivity index (χ1v) is 11.3. The number of aryl methyl sites for hydroxylation is 1. The number of amides is 1. The van der Waals surface area contributed by atoms with E-state index in [1.165, 1.54) is 11.4 Å². The van der Waals surface area contributed by atoms with Gasteiger partial charge in [-0.2, -0.15) is 4.31 Å². The summed E-state index contributed by atoms with van der Waals surface area (Å²) in [7, 11) is 1.11. The van der Waals surface area contributed by atoms with Crippen molar-refractivity contribution in [2.75, 3.05) is 39.3 Å². The molecule has 0 radical (unpaired) electrons. The number of rotatable bonds is 6. The molecule has 2 aromatic rings. The summed E-state index contributed by atoms with van der Waals surface area (Å²) in [6.07, 6.45) is 0.958. The molecular weight excluding hydrogens is 404 g/mol. The van der Waals surface area contributed by atoms with Gasteiger partial charge in [-0.05, 0) is 61.7 Å². The van der Waals surface area contributed by atoms with E-state index in [0.717, 1.165) is 17.0 Å². The van der Waals surface area contributed by atoms with Crippen LogP contribution >= 0.6 is 0 Å². The number of anilines is 1. The number of carbonyl (C=O) groups excluding carboxylic acids is 1. The molecular formula is C22H28N2O5S. The number of nitrogens with zero attached hydrogens (tertiary/aromatic N) is 2. The maximum absolute atomic E-state index is 13.2.